The molecule has 1 heterocycles. The first-order valence-electron chi connectivity index (χ1n) is 7.61. The van der Waals surface area contributed by atoms with Crippen LogP contribution in [0.25, 0.3) is 0 Å². The third-order valence-electron chi connectivity index (χ3n) is 4.10. The van der Waals surface area contributed by atoms with Gasteiger partial charge in [-0.2, -0.15) is 0 Å². The van der Waals surface area contributed by atoms with E-state index >= 15 is 0 Å². The number of nitrogens with one attached hydrogen (secondary N) is 2. The fraction of sp³-hybridized carbons (Fsp3) is 0.929. The van der Waals surface area contributed by atoms with Crippen LogP contribution in [0.5, 0.6) is 0 Å². The van der Waals surface area contributed by atoms with E-state index in [0.29, 0.717) is 6.04 Å². The lowest BCUT2D eigenvalue weighted by Crippen LogP contribution is -2.45. The summed E-state index contributed by atoms with van der Waals surface area (Å²) in [5, 5.41) is 7.67. The third kappa shape index (κ3) is 5.11. The highest BCUT2D eigenvalue weighted by atomic mass is 32.1. The van der Waals surface area contributed by atoms with Crippen molar-refractivity contribution in [2.24, 2.45) is 0 Å². The Morgan fingerprint density at radius 1 is 1.00 bits per heavy atom. The molecule has 2 N–H and O–H groups in total. The van der Waals surface area contributed by atoms with E-state index in [1.54, 1.807) is 0 Å². The fourth-order valence-electron chi connectivity index (χ4n) is 2.99. The number of likely N-dealkylation sites (tertiary alicyclic amines) is 1. The largest absolute Gasteiger partial charge is 0.361 e. The maximum absolute atomic E-state index is 5.36. The highest BCUT2D eigenvalue weighted by molar-refractivity contribution is 7.80. The zero-order valence-corrected chi connectivity index (χ0v) is 12.2. The first kappa shape index (κ1) is 14.1. The second-order valence-electron chi connectivity index (χ2n) is 5.64. The predicted octanol–water partition coefficient (Wildman–Crippen LogP) is 2.27. The lowest BCUT2D eigenvalue weighted by molar-refractivity contribution is 0.232. The van der Waals surface area contributed by atoms with Gasteiger partial charge >= 0.3 is 0 Å². The van der Waals surface area contributed by atoms with Gasteiger partial charge in [0, 0.05) is 19.1 Å². The smallest absolute Gasteiger partial charge is 0.166 e. The Hall–Kier alpha value is -0.350. The molecule has 1 aliphatic carbocycles. The molecule has 1 saturated heterocycles. The highest BCUT2D eigenvalue weighted by Crippen LogP contribution is 2.17. The average molecular weight is 269 g/mol. The molecule has 2 aliphatic rings. The van der Waals surface area contributed by atoms with Crippen LogP contribution in [-0.2, 0) is 0 Å². The van der Waals surface area contributed by atoms with Gasteiger partial charge in [0.25, 0.3) is 0 Å². The molecule has 1 saturated carbocycles. The second-order valence-corrected chi connectivity index (χ2v) is 6.05. The monoisotopic (exact) mass is 269 g/mol. The molecule has 0 unspecified atom stereocenters. The van der Waals surface area contributed by atoms with Gasteiger partial charge in [-0.15, -0.1) is 0 Å². The van der Waals surface area contributed by atoms with Gasteiger partial charge in [0.15, 0.2) is 5.11 Å². The van der Waals surface area contributed by atoms with Crippen LogP contribution in [-0.4, -0.2) is 42.2 Å². The molecular formula is C14H27N3S. The second kappa shape index (κ2) is 7.95. The predicted molar refractivity (Wildman–Crippen MR) is 80.9 cm³/mol. The molecule has 0 aromatic rings. The summed E-state index contributed by atoms with van der Waals surface area (Å²) in [5.74, 6) is 0. The topological polar surface area (TPSA) is 27.3 Å². The van der Waals surface area contributed by atoms with Crippen molar-refractivity contribution in [2.45, 2.75) is 57.4 Å². The summed E-state index contributed by atoms with van der Waals surface area (Å²) in [6, 6.07) is 0.619. The molecule has 0 amide bonds. The third-order valence-corrected chi connectivity index (χ3v) is 4.36. The van der Waals surface area contributed by atoms with Crippen molar-refractivity contribution in [2.75, 3.05) is 26.2 Å². The summed E-state index contributed by atoms with van der Waals surface area (Å²) >= 11 is 5.36. The van der Waals surface area contributed by atoms with E-state index in [4.69, 9.17) is 12.2 Å². The van der Waals surface area contributed by atoms with Crippen molar-refractivity contribution >= 4 is 17.3 Å². The van der Waals surface area contributed by atoms with Crippen LogP contribution >= 0.6 is 12.2 Å². The summed E-state index contributed by atoms with van der Waals surface area (Å²) in [5.41, 5.74) is 0. The number of rotatable bonds is 4. The minimum atomic E-state index is 0.619. The summed E-state index contributed by atoms with van der Waals surface area (Å²) in [7, 11) is 0. The van der Waals surface area contributed by atoms with Crippen LogP contribution in [0.2, 0.25) is 0 Å². The first-order valence-corrected chi connectivity index (χ1v) is 8.02. The highest BCUT2D eigenvalue weighted by Gasteiger charge is 2.14. The lowest BCUT2D eigenvalue weighted by Gasteiger charge is -2.27. The van der Waals surface area contributed by atoms with Crippen LogP contribution in [0, 0.1) is 0 Å². The van der Waals surface area contributed by atoms with Gasteiger partial charge in [0.1, 0.15) is 0 Å². The summed E-state index contributed by atoms with van der Waals surface area (Å²) < 4.78 is 0. The fourth-order valence-corrected chi connectivity index (χ4v) is 3.26. The summed E-state index contributed by atoms with van der Waals surface area (Å²) in [6.45, 7) is 4.65. The Kier molecular flexibility index (Phi) is 6.21. The normalized spacial score (nSPS) is 22.7. The minimum absolute atomic E-state index is 0.619. The molecule has 0 atom stereocenters. The van der Waals surface area contributed by atoms with Crippen molar-refractivity contribution in [1.82, 2.24) is 15.5 Å². The van der Waals surface area contributed by atoms with Gasteiger partial charge in [-0.1, -0.05) is 25.7 Å². The van der Waals surface area contributed by atoms with Crippen LogP contribution in [0.4, 0.5) is 0 Å². The molecule has 2 fully saturated rings. The Morgan fingerprint density at radius 2 is 1.67 bits per heavy atom. The minimum Gasteiger partial charge on any atom is -0.361 e. The van der Waals surface area contributed by atoms with E-state index in [0.717, 1.165) is 18.2 Å². The maximum Gasteiger partial charge on any atom is 0.166 e. The summed E-state index contributed by atoms with van der Waals surface area (Å²) in [6.07, 6.45) is 10.8. The number of thiocarbonyl (C=S) groups is 1. The maximum atomic E-state index is 5.36. The molecule has 0 aromatic heterocycles. The Bertz CT molecular complexity index is 245. The SMILES string of the molecule is S=C(NCCN1CCCCC1)NC1CCCCC1. The number of nitrogens with zero attached hydrogens (tertiary/aromatic N) is 1. The van der Waals surface area contributed by atoms with Crippen LogP contribution in [0.1, 0.15) is 51.4 Å². The molecule has 1 aliphatic heterocycles. The molecule has 2 rings (SSSR count). The van der Waals surface area contributed by atoms with E-state index in [-0.39, 0.29) is 0 Å². The van der Waals surface area contributed by atoms with Crippen LogP contribution in [0.3, 0.4) is 0 Å². The zero-order chi connectivity index (χ0) is 12.6. The van der Waals surface area contributed by atoms with Crippen molar-refractivity contribution in [3.8, 4) is 0 Å². The van der Waals surface area contributed by atoms with E-state index in [2.05, 4.69) is 15.5 Å². The van der Waals surface area contributed by atoms with Crippen molar-refractivity contribution in [3.05, 3.63) is 0 Å². The van der Waals surface area contributed by atoms with Crippen molar-refractivity contribution in [3.63, 3.8) is 0 Å². The molecule has 3 nitrogen and oxygen atoms in total. The van der Waals surface area contributed by atoms with Gasteiger partial charge in [0.05, 0.1) is 0 Å². The molecule has 0 spiro atoms. The Balaban J connectivity index is 1.53. The molecule has 0 bridgehead atoms. The lowest BCUT2D eigenvalue weighted by atomic mass is 9.96. The van der Waals surface area contributed by atoms with Crippen LogP contribution in [0.15, 0.2) is 0 Å². The van der Waals surface area contributed by atoms with Crippen molar-refractivity contribution < 1.29 is 0 Å². The molecule has 0 radical (unpaired) electrons. The molecule has 0 aromatic carbocycles. The van der Waals surface area contributed by atoms with E-state index in [1.165, 1.54) is 64.5 Å². The number of piperidine rings is 1. The standard InChI is InChI=1S/C14H27N3S/c18-14(16-13-7-3-1-4-8-13)15-9-12-17-10-5-2-6-11-17/h13H,1-12H2,(H2,15,16,18). The van der Waals surface area contributed by atoms with Gasteiger partial charge in [-0.3, -0.25) is 0 Å². The van der Waals surface area contributed by atoms with E-state index in [1.807, 2.05) is 0 Å². The Labute approximate surface area is 117 Å². The molecule has 18 heavy (non-hydrogen) atoms. The first-order chi connectivity index (χ1) is 8.84. The number of hydrogen-bond donors (Lipinski definition) is 2. The zero-order valence-electron chi connectivity index (χ0n) is 11.4. The van der Waals surface area contributed by atoms with E-state index < -0.39 is 0 Å². The van der Waals surface area contributed by atoms with Gasteiger partial charge in [-0.05, 0) is 51.0 Å². The van der Waals surface area contributed by atoms with Gasteiger partial charge in [0.2, 0.25) is 0 Å². The molecular weight excluding hydrogens is 242 g/mol. The van der Waals surface area contributed by atoms with Crippen LogP contribution < -0.4 is 10.6 Å². The van der Waals surface area contributed by atoms with Gasteiger partial charge in [-0.25, -0.2) is 0 Å². The van der Waals surface area contributed by atoms with E-state index in [9.17, 15) is 0 Å². The number of hydrogen-bond acceptors (Lipinski definition) is 2. The Morgan fingerprint density at radius 3 is 2.39 bits per heavy atom. The van der Waals surface area contributed by atoms with Gasteiger partial charge < -0.3 is 15.5 Å². The summed E-state index contributed by atoms with van der Waals surface area (Å²) in [4.78, 5) is 2.54. The molecule has 4 heteroatoms. The quantitative estimate of drug-likeness (QED) is 0.766. The van der Waals surface area contributed by atoms with Crippen molar-refractivity contribution in [1.29, 1.82) is 0 Å². The molecule has 104 valence electrons. The average Bonchev–Trinajstić information content (AvgIpc) is 2.41.